The van der Waals surface area contributed by atoms with E-state index in [2.05, 4.69) is 25.6 Å². The first-order chi connectivity index (χ1) is 13.6. The van der Waals surface area contributed by atoms with Gasteiger partial charge < -0.3 is 10.4 Å². The smallest absolute Gasteiger partial charge is 0.156 e. The van der Waals surface area contributed by atoms with Crippen molar-refractivity contribution < 1.29 is 5.11 Å². The van der Waals surface area contributed by atoms with Crippen molar-refractivity contribution in [3.8, 4) is 28.3 Å². The van der Waals surface area contributed by atoms with Gasteiger partial charge in [0.05, 0.1) is 29.0 Å². The highest BCUT2D eigenvalue weighted by Crippen LogP contribution is 2.32. The monoisotopic (exact) mass is 372 g/mol. The summed E-state index contributed by atoms with van der Waals surface area (Å²) in [5, 5.41) is 27.1. The molecule has 0 radical (unpaired) electrons. The summed E-state index contributed by atoms with van der Waals surface area (Å²) in [5.41, 5.74) is 6.72. The van der Waals surface area contributed by atoms with Crippen LogP contribution in [-0.4, -0.2) is 43.0 Å². The maximum absolute atomic E-state index is 10.6. The lowest BCUT2D eigenvalue weighted by Gasteiger charge is -2.25. The molecule has 0 saturated carbocycles. The van der Waals surface area contributed by atoms with Gasteiger partial charge >= 0.3 is 0 Å². The second-order valence-electron chi connectivity index (χ2n) is 7.29. The molecular formula is C21H20N6O. The lowest BCUT2D eigenvalue weighted by Crippen LogP contribution is -2.40. The molecule has 3 aromatic heterocycles. The molecular weight excluding hydrogens is 352 g/mol. The van der Waals surface area contributed by atoms with E-state index in [1.165, 1.54) is 0 Å². The standard InChI is InChI=1S/C21H20N6O/c1-12-7-19(26-27-11-13(2)23-21(12)27)14-3-4-16(20(28)8-14)18-6-5-17(24-25-18)15-9-22-10-15/h3-8,11,15,22,28H,9-10H2,1-2H3. The fourth-order valence-electron chi connectivity index (χ4n) is 3.50. The Balaban J connectivity index is 1.49. The van der Waals surface area contributed by atoms with Crippen molar-refractivity contribution in [3.05, 3.63) is 59.5 Å². The van der Waals surface area contributed by atoms with Gasteiger partial charge in [-0.05, 0) is 49.7 Å². The summed E-state index contributed by atoms with van der Waals surface area (Å²) in [7, 11) is 0. The number of phenols is 1. The molecule has 0 unspecified atom stereocenters. The maximum Gasteiger partial charge on any atom is 0.156 e. The first kappa shape index (κ1) is 16.8. The van der Waals surface area contributed by atoms with Gasteiger partial charge in [-0.25, -0.2) is 9.50 Å². The van der Waals surface area contributed by atoms with Crippen LogP contribution in [-0.2, 0) is 0 Å². The third-order valence-electron chi connectivity index (χ3n) is 5.18. The molecule has 1 aliphatic heterocycles. The van der Waals surface area contributed by atoms with Crippen LogP contribution in [0, 0.1) is 13.8 Å². The van der Waals surface area contributed by atoms with E-state index in [0.29, 0.717) is 17.2 Å². The number of aromatic nitrogens is 5. The number of aryl methyl sites for hydroxylation is 2. The van der Waals surface area contributed by atoms with Gasteiger partial charge in [0.1, 0.15) is 5.75 Å². The number of aromatic hydroxyl groups is 1. The van der Waals surface area contributed by atoms with Crippen molar-refractivity contribution in [1.82, 2.24) is 30.1 Å². The summed E-state index contributed by atoms with van der Waals surface area (Å²) in [4.78, 5) is 4.48. The highest BCUT2D eigenvalue weighted by atomic mass is 16.3. The van der Waals surface area contributed by atoms with Gasteiger partial charge in [0.15, 0.2) is 5.65 Å². The molecule has 0 atom stereocenters. The van der Waals surface area contributed by atoms with Gasteiger partial charge in [-0.15, -0.1) is 0 Å². The van der Waals surface area contributed by atoms with E-state index < -0.39 is 0 Å². The zero-order valence-corrected chi connectivity index (χ0v) is 15.7. The minimum absolute atomic E-state index is 0.159. The fraction of sp³-hybridized carbons (Fsp3) is 0.238. The molecule has 7 heteroatoms. The molecule has 0 spiro atoms. The Morgan fingerprint density at radius 3 is 2.57 bits per heavy atom. The Morgan fingerprint density at radius 1 is 1.04 bits per heavy atom. The number of nitrogens with one attached hydrogen (secondary N) is 1. The zero-order chi connectivity index (χ0) is 19.3. The maximum atomic E-state index is 10.6. The predicted molar refractivity (Wildman–Crippen MR) is 106 cm³/mol. The number of benzene rings is 1. The highest BCUT2D eigenvalue weighted by molar-refractivity contribution is 5.73. The van der Waals surface area contributed by atoms with E-state index in [9.17, 15) is 5.11 Å². The molecule has 1 aromatic carbocycles. The molecule has 4 aromatic rings. The van der Waals surface area contributed by atoms with Crippen molar-refractivity contribution in [2.24, 2.45) is 0 Å². The largest absolute Gasteiger partial charge is 0.507 e. The topological polar surface area (TPSA) is 88.2 Å². The zero-order valence-electron chi connectivity index (χ0n) is 15.7. The summed E-state index contributed by atoms with van der Waals surface area (Å²) >= 11 is 0. The summed E-state index contributed by atoms with van der Waals surface area (Å²) in [6.07, 6.45) is 1.90. The Labute approximate surface area is 162 Å². The van der Waals surface area contributed by atoms with Gasteiger partial charge in [0, 0.05) is 30.1 Å². The van der Waals surface area contributed by atoms with Crippen LogP contribution in [0.1, 0.15) is 22.9 Å². The fourth-order valence-corrected chi connectivity index (χ4v) is 3.50. The molecule has 1 aliphatic rings. The Bertz CT molecular complexity index is 1180. The number of hydrogen-bond acceptors (Lipinski definition) is 6. The summed E-state index contributed by atoms with van der Waals surface area (Å²) < 4.78 is 1.78. The van der Waals surface area contributed by atoms with Gasteiger partial charge in [-0.3, -0.25) is 0 Å². The minimum atomic E-state index is 0.159. The van der Waals surface area contributed by atoms with Crippen LogP contribution in [0.4, 0.5) is 0 Å². The SMILES string of the molecule is Cc1cn2nc(-c3ccc(-c4ccc(C5CNC5)nn4)c(O)c3)cc(C)c2n1. The Hall–Kier alpha value is -3.32. The van der Waals surface area contributed by atoms with Crippen LogP contribution in [0.2, 0.25) is 0 Å². The van der Waals surface area contributed by atoms with E-state index in [-0.39, 0.29) is 5.75 Å². The lowest BCUT2D eigenvalue weighted by molar-refractivity contribution is 0.436. The number of fused-ring (bicyclic) bond motifs is 1. The summed E-state index contributed by atoms with van der Waals surface area (Å²) in [5.74, 6) is 0.597. The summed E-state index contributed by atoms with van der Waals surface area (Å²) in [6, 6.07) is 11.4. The molecule has 140 valence electrons. The Kier molecular flexibility index (Phi) is 3.84. The third kappa shape index (κ3) is 2.80. The molecule has 4 heterocycles. The van der Waals surface area contributed by atoms with E-state index in [1.807, 2.05) is 50.4 Å². The first-order valence-electron chi connectivity index (χ1n) is 9.30. The van der Waals surface area contributed by atoms with Crippen molar-refractivity contribution in [2.75, 3.05) is 13.1 Å². The van der Waals surface area contributed by atoms with E-state index in [0.717, 1.165) is 46.9 Å². The van der Waals surface area contributed by atoms with E-state index >= 15 is 0 Å². The van der Waals surface area contributed by atoms with Crippen LogP contribution in [0.25, 0.3) is 28.2 Å². The van der Waals surface area contributed by atoms with Gasteiger partial charge in [0.2, 0.25) is 0 Å². The number of hydrogen-bond donors (Lipinski definition) is 2. The molecule has 0 bridgehead atoms. The number of rotatable bonds is 3. The van der Waals surface area contributed by atoms with Gasteiger partial charge in [-0.1, -0.05) is 6.07 Å². The van der Waals surface area contributed by atoms with Crippen molar-refractivity contribution >= 4 is 5.65 Å². The molecule has 5 rings (SSSR count). The second-order valence-corrected chi connectivity index (χ2v) is 7.29. The van der Waals surface area contributed by atoms with Crippen LogP contribution in [0.3, 0.4) is 0 Å². The highest BCUT2D eigenvalue weighted by Gasteiger charge is 2.21. The molecule has 2 N–H and O–H groups in total. The molecule has 7 nitrogen and oxygen atoms in total. The van der Waals surface area contributed by atoms with Crippen LogP contribution < -0.4 is 5.32 Å². The first-order valence-corrected chi connectivity index (χ1v) is 9.30. The van der Waals surface area contributed by atoms with E-state index in [4.69, 9.17) is 0 Å². The summed E-state index contributed by atoms with van der Waals surface area (Å²) in [6.45, 7) is 5.85. The van der Waals surface area contributed by atoms with E-state index in [1.54, 1.807) is 10.6 Å². The van der Waals surface area contributed by atoms with Crippen molar-refractivity contribution in [1.29, 1.82) is 0 Å². The number of imidazole rings is 1. The third-order valence-corrected chi connectivity index (χ3v) is 5.18. The van der Waals surface area contributed by atoms with Crippen molar-refractivity contribution in [2.45, 2.75) is 19.8 Å². The average molecular weight is 372 g/mol. The van der Waals surface area contributed by atoms with Crippen molar-refractivity contribution in [3.63, 3.8) is 0 Å². The molecule has 0 amide bonds. The van der Waals surface area contributed by atoms with Crippen LogP contribution in [0.15, 0.2) is 42.6 Å². The van der Waals surface area contributed by atoms with Crippen LogP contribution in [0.5, 0.6) is 5.75 Å². The molecule has 1 saturated heterocycles. The normalized spacial score (nSPS) is 14.4. The minimum Gasteiger partial charge on any atom is -0.507 e. The average Bonchev–Trinajstić information content (AvgIpc) is 3.02. The van der Waals surface area contributed by atoms with Gasteiger partial charge in [-0.2, -0.15) is 15.3 Å². The number of phenolic OH excluding ortho intramolecular Hbond substituents is 1. The predicted octanol–water partition coefficient (Wildman–Crippen LogP) is 2.86. The molecule has 1 fully saturated rings. The Morgan fingerprint density at radius 2 is 1.89 bits per heavy atom. The van der Waals surface area contributed by atoms with Crippen LogP contribution >= 0.6 is 0 Å². The number of nitrogens with zero attached hydrogens (tertiary/aromatic N) is 5. The lowest BCUT2D eigenvalue weighted by atomic mass is 9.98. The quantitative estimate of drug-likeness (QED) is 0.575. The molecule has 0 aliphatic carbocycles. The second kappa shape index (κ2) is 6.38. The van der Waals surface area contributed by atoms with Gasteiger partial charge in [0.25, 0.3) is 0 Å². The molecule has 28 heavy (non-hydrogen) atoms.